The van der Waals surface area contributed by atoms with Gasteiger partial charge in [-0.2, -0.15) is 0 Å². The summed E-state index contributed by atoms with van der Waals surface area (Å²) >= 11 is 0. The van der Waals surface area contributed by atoms with Crippen LogP contribution in [0.25, 0.3) is 0 Å². The first-order chi connectivity index (χ1) is 9.38. The van der Waals surface area contributed by atoms with Crippen molar-refractivity contribution in [3.8, 4) is 0 Å². The molecule has 1 amide bonds. The fraction of sp³-hybridized carbons (Fsp3) is 0.385. The topological polar surface area (TPSA) is 110 Å². The molecule has 0 atom stereocenters. The van der Waals surface area contributed by atoms with E-state index in [9.17, 15) is 19.7 Å². The SMILES string of the molecule is Cc1cc([N+](=O)[O-])ccc1C(=O)NC1CC(C(=O)O)C1. The van der Waals surface area contributed by atoms with E-state index in [0.29, 0.717) is 24.0 Å². The minimum atomic E-state index is -0.845. The second-order valence-corrected chi connectivity index (χ2v) is 4.93. The summed E-state index contributed by atoms with van der Waals surface area (Å²) in [6, 6.07) is 3.90. The normalized spacial score (nSPS) is 20.9. The summed E-state index contributed by atoms with van der Waals surface area (Å²) in [4.78, 5) is 32.8. The van der Waals surface area contributed by atoms with Crippen LogP contribution in [0.15, 0.2) is 18.2 Å². The first-order valence-electron chi connectivity index (χ1n) is 6.17. The highest BCUT2D eigenvalue weighted by Gasteiger charge is 2.35. The van der Waals surface area contributed by atoms with E-state index in [0.717, 1.165) is 0 Å². The Kier molecular flexibility index (Phi) is 3.69. The van der Waals surface area contributed by atoms with Gasteiger partial charge in [0.25, 0.3) is 11.6 Å². The number of carboxylic acid groups (broad SMARTS) is 1. The van der Waals surface area contributed by atoms with Gasteiger partial charge in [0, 0.05) is 23.7 Å². The van der Waals surface area contributed by atoms with Crippen molar-refractivity contribution in [3.05, 3.63) is 39.4 Å². The van der Waals surface area contributed by atoms with E-state index in [4.69, 9.17) is 5.11 Å². The van der Waals surface area contributed by atoms with Gasteiger partial charge in [-0.05, 0) is 31.4 Å². The highest BCUT2D eigenvalue weighted by molar-refractivity contribution is 5.96. The zero-order valence-electron chi connectivity index (χ0n) is 10.8. The van der Waals surface area contributed by atoms with Crippen molar-refractivity contribution in [2.24, 2.45) is 5.92 Å². The number of carbonyl (C=O) groups is 2. The number of rotatable bonds is 4. The van der Waals surface area contributed by atoms with Crippen molar-refractivity contribution in [3.63, 3.8) is 0 Å². The van der Waals surface area contributed by atoms with Crippen molar-refractivity contribution < 1.29 is 19.6 Å². The standard InChI is InChI=1S/C13H14N2O5/c1-7-4-10(15(19)20)2-3-11(7)12(16)14-9-5-8(6-9)13(17)18/h2-4,8-9H,5-6H2,1H3,(H,14,16)(H,17,18). The van der Waals surface area contributed by atoms with Crippen molar-refractivity contribution in [2.75, 3.05) is 0 Å². The van der Waals surface area contributed by atoms with E-state index in [1.807, 2.05) is 0 Å². The van der Waals surface area contributed by atoms with Gasteiger partial charge in [-0.15, -0.1) is 0 Å². The first-order valence-corrected chi connectivity index (χ1v) is 6.17. The number of carbonyl (C=O) groups excluding carboxylic acids is 1. The summed E-state index contributed by atoms with van der Waals surface area (Å²) in [6.45, 7) is 1.63. The molecule has 1 aliphatic rings. The summed E-state index contributed by atoms with van der Waals surface area (Å²) in [5.41, 5.74) is 0.828. The molecule has 1 aliphatic carbocycles. The molecule has 0 bridgehead atoms. The number of nitro benzene ring substituents is 1. The molecule has 1 fully saturated rings. The maximum atomic E-state index is 12.0. The Labute approximate surface area is 114 Å². The molecule has 2 rings (SSSR count). The number of aliphatic carboxylic acids is 1. The third-order valence-corrected chi connectivity index (χ3v) is 3.49. The maximum Gasteiger partial charge on any atom is 0.306 e. The second-order valence-electron chi connectivity index (χ2n) is 4.93. The van der Waals surface area contributed by atoms with Crippen LogP contribution in [-0.2, 0) is 4.79 Å². The van der Waals surface area contributed by atoms with Crippen LogP contribution in [0.5, 0.6) is 0 Å². The van der Waals surface area contributed by atoms with Gasteiger partial charge in [-0.1, -0.05) is 0 Å². The summed E-state index contributed by atoms with van der Waals surface area (Å²) in [6.07, 6.45) is 0.847. The molecule has 0 unspecified atom stereocenters. The van der Waals surface area contributed by atoms with Gasteiger partial charge in [-0.25, -0.2) is 0 Å². The maximum absolute atomic E-state index is 12.0. The lowest BCUT2D eigenvalue weighted by atomic mass is 9.80. The van der Waals surface area contributed by atoms with Crippen LogP contribution >= 0.6 is 0 Å². The van der Waals surface area contributed by atoms with Gasteiger partial charge < -0.3 is 10.4 Å². The largest absolute Gasteiger partial charge is 0.481 e. The number of amides is 1. The average molecular weight is 278 g/mol. The molecule has 20 heavy (non-hydrogen) atoms. The second kappa shape index (κ2) is 5.28. The van der Waals surface area contributed by atoms with Crippen LogP contribution in [0, 0.1) is 23.0 Å². The summed E-state index contributed by atoms with van der Waals surface area (Å²) in [7, 11) is 0. The van der Waals surface area contributed by atoms with Gasteiger partial charge in [0.2, 0.25) is 0 Å². The van der Waals surface area contributed by atoms with Crippen LogP contribution in [0.4, 0.5) is 5.69 Å². The molecular formula is C13H14N2O5. The van der Waals surface area contributed by atoms with Crippen molar-refractivity contribution in [1.29, 1.82) is 0 Å². The number of hydrogen-bond donors (Lipinski definition) is 2. The van der Waals surface area contributed by atoms with E-state index in [-0.39, 0.29) is 17.6 Å². The van der Waals surface area contributed by atoms with E-state index >= 15 is 0 Å². The molecule has 0 aromatic heterocycles. The lowest BCUT2D eigenvalue weighted by molar-refractivity contribution is -0.384. The molecule has 0 saturated heterocycles. The summed E-state index contributed by atoms with van der Waals surface area (Å²) in [5.74, 6) is -1.56. The molecule has 1 aromatic carbocycles. The van der Waals surface area contributed by atoms with Gasteiger partial charge in [0.05, 0.1) is 10.8 Å². The molecular weight excluding hydrogens is 264 g/mol. The van der Waals surface area contributed by atoms with Crippen LogP contribution in [0.2, 0.25) is 0 Å². The number of aryl methyl sites for hydroxylation is 1. The zero-order chi connectivity index (χ0) is 14.9. The van der Waals surface area contributed by atoms with Crippen LogP contribution in [-0.4, -0.2) is 27.9 Å². The molecule has 1 aromatic rings. The number of hydrogen-bond acceptors (Lipinski definition) is 4. The predicted octanol–water partition coefficient (Wildman–Crippen LogP) is 1.50. The molecule has 2 N–H and O–H groups in total. The van der Waals surface area contributed by atoms with Gasteiger partial charge in [0.15, 0.2) is 0 Å². The van der Waals surface area contributed by atoms with E-state index in [1.54, 1.807) is 6.92 Å². The smallest absolute Gasteiger partial charge is 0.306 e. The highest BCUT2D eigenvalue weighted by Crippen LogP contribution is 2.28. The lowest BCUT2D eigenvalue weighted by Gasteiger charge is -2.32. The number of nitro groups is 1. The average Bonchev–Trinajstić information content (AvgIpc) is 2.32. The summed E-state index contributed by atoms with van der Waals surface area (Å²) < 4.78 is 0. The lowest BCUT2D eigenvalue weighted by Crippen LogP contribution is -2.46. The number of nitrogens with zero attached hydrogens (tertiary/aromatic N) is 1. The fourth-order valence-corrected chi connectivity index (χ4v) is 2.22. The van der Waals surface area contributed by atoms with E-state index in [1.165, 1.54) is 18.2 Å². The molecule has 0 spiro atoms. The van der Waals surface area contributed by atoms with Gasteiger partial charge in [-0.3, -0.25) is 19.7 Å². The minimum absolute atomic E-state index is 0.0614. The Morgan fingerprint density at radius 2 is 2.05 bits per heavy atom. The van der Waals surface area contributed by atoms with Crippen LogP contribution in [0.1, 0.15) is 28.8 Å². The third-order valence-electron chi connectivity index (χ3n) is 3.49. The van der Waals surface area contributed by atoms with Crippen molar-refractivity contribution >= 4 is 17.6 Å². The van der Waals surface area contributed by atoms with Gasteiger partial charge >= 0.3 is 5.97 Å². The Balaban J connectivity index is 2.00. The predicted molar refractivity (Wildman–Crippen MR) is 69.4 cm³/mol. The van der Waals surface area contributed by atoms with E-state index < -0.39 is 16.8 Å². The van der Waals surface area contributed by atoms with Gasteiger partial charge in [0.1, 0.15) is 0 Å². The first kappa shape index (κ1) is 14.0. The highest BCUT2D eigenvalue weighted by atomic mass is 16.6. The molecule has 106 valence electrons. The molecule has 0 heterocycles. The minimum Gasteiger partial charge on any atom is -0.481 e. The zero-order valence-corrected chi connectivity index (χ0v) is 10.8. The number of nitrogens with one attached hydrogen (secondary N) is 1. The van der Waals surface area contributed by atoms with Crippen LogP contribution < -0.4 is 5.32 Å². The number of non-ortho nitro benzene ring substituents is 1. The number of benzene rings is 1. The monoisotopic (exact) mass is 278 g/mol. The van der Waals surface area contributed by atoms with Crippen molar-refractivity contribution in [2.45, 2.75) is 25.8 Å². The third kappa shape index (κ3) is 2.76. The van der Waals surface area contributed by atoms with E-state index in [2.05, 4.69) is 5.32 Å². The molecule has 0 aliphatic heterocycles. The molecule has 0 radical (unpaired) electrons. The Hall–Kier alpha value is -2.44. The molecule has 7 heteroatoms. The molecule has 1 saturated carbocycles. The Morgan fingerprint density at radius 1 is 1.40 bits per heavy atom. The summed E-state index contributed by atoms with van der Waals surface area (Å²) in [5, 5.41) is 22.1. The quantitative estimate of drug-likeness (QED) is 0.640. The van der Waals surface area contributed by atoms with Crippen LogP contribution in [0.3, 0.4) is 0 Å². The Morgan fingerprint density at radius 3 is 2.55 bits per heavy atom. The fourth-order valence-electron chi connectivity index (χ4n) is 2.22. The number of carboxylic acids is 1. The molecule has 7 nitrogen and oxygen atoms in total. The van der Waals surface area contributed by atoms with Crippen molar-refractivity contribution in [1.82, 2.24) is 5.32 Å². The Bertz CT molecular complexity index is 578.